The van der Waals surface area contributed by atoms with Crippen LogP contribution in [0.2, 0.25) is 5.15 Å². The molecule has 0 spiro atoms. The Labute approximate surface area is 128 Å². The highest BCUT2D eigenvalue weighted by atomic mass is 35.5. The third kappa shape index (κ3) is 3.75. The van der Waals surface area contributed by atoms with Crippen LogP contribution in [0.5, 0.6) is 0 Å². The summed E-state index contributed by atoms with van der Waals surface area (Å²) in [5.41, 5.74) is 1.38. The lowest BCUT2D eigenvalue weighted by Gasteiger charge is -2.08. The highest BCUT2D eigenvalue weighted by molar-refractivity contribution is 7.92. The number of hydrogen-bond donors (Lipinski definition) is 2. The number of aromatic nitrogens is 2. The minimum atomic E-state index is -3.82. The first-order chi connectivity index (χ1) is 9.94. The van der Waals surface area contributed by atoms with Gasteiger partial charge in [0.1, 0.15) is 5.15 Å². The molecule has 0 fully saturated rings. The standard InChI is InChI=1S/C13H16ClN3O3S/c1-17-9-15-13(12(17)14)21(19,20)16-11-6-2-4-10(8-11)5-3-7-18/h2,4,6,8-9,16,18H,3,5,7H2,1H3. The van der Waals surface area contributed by atoms with E-state index in [9.17, 15) is 8.42 Å². The highest BCUT2D eigenvalue weighted by Crippen LogP contribution is 2.22. The average molecular weight is 330 g/mol. The molecule has 0 atom stereocenters. The van der Waals surface area contributed by atoms with Crippen LogP contribution < -0.4 is 4.72 Å². The monoisotopic (exact) mass is 329 g/mol. The SMILES string of the molecule is Cn1cnc(S(=O)(=O)Nc2cccc(CCCO)c2)c1Cl. The fraction of sp³-hybridized carbons (Fsp3) is 0.308. The summed E-state index contributed by atoms with van der Waals surface area (Å²) in [6, 6.07) is 7.01. The third-order valence-corrected chi connectivity index (χ3v) is 4.76. The molecule has 0 saturated carbocycles. The molecule has 1 heterocycles. The van der Waals surface area contributed by atoms with Crippen molar-refractivity contribution in [2.45, 2.75) is 17.9 Å². The van der Waals surface area contributed by atoms with Gasteiger partial charge in [0.15, 0.2) is 0 Å². The van der Waals surface area contributed by atoms with Crippen molar-refractivity contribution in [1.29, 1.82) is 0 Å². The number of nitrogens with zero attached hydrogens (tertiary/aromatic N) is 2. The quantitative estimate of drug-likeness (QED) is 0.846. The smallest absolute Gasteiger partial charge is 0.282 e. The van der Waals surface area contributed by atoms with E-state index in [1.54, 1.807) is 25.2 Å². The molecule has 1 aromatic carbocycles. The Balaban J connectivity index is 2.22. The number of halogens is 1. The molecule has 0 amide bonds. The first kappa shape index (κ1) is 15.8. The maximum Gasteiger partial charge on any atom is 0.282 e. The summed E-state index contributed by atoms with van der Waals surface area (Å²) in [7, 11) is -2.21. The Morgan fingerprint density at radius 2 is 2.19 bits per heavy atom. The van der Waals surface area contributed by atoms with Crippen LogP contribution in [0.1, 0.15) is 12.0 Å². The van der Waals surface area contributed by atoms with E-state index in [1.807, 2.05) is 6.07 Å². The first-order valence-corrected chi connectivity index (χ1v) is 8.19. The number of nitrogens with one attached hydrogen (secondary N) is 1. The second kappa shape index (κ2) is 6.46. The van der Waals surface area contributed by atoms with E-state index >= 15 is 0 Å². The summed E-state index contributed by atoms with van der Waals surface area (Å²) in [5, 5.41) is 8.68. The van der Waals surface area contributed by atoms with Crippen molar-refractivity contribution in [3.63, 3.8) is 0 Å². The number of sulfonamides is 1. The largest absolute Gasteiger partial charge is 0.396 e. The van der Waals surface area contributed by atoms with Crippen LogP contribution in [0.4, 0.5) is 5.69 Å². The fourth-order valence-electron chi connectivity index (χ4n) is 1.85. The molecule has 8 heteroatoms. The van der Waals surface area contributed by atoms with E-state index in [2.05, 4.69) is 9.71 Å². The van der Waals surface area contributed by atoms with Gasteiger partial charge >= 0.3 is 0 Å². The van der Waals surface area contributed by atoms with Crippen molar-refractivity contribution in [3.05, 3.63) is 41.3 Å². The number of aliphatic hydroxyl groups excluding tert-OH is 1. The molecule has 114 valence electrons. The average Bonchev–Trinajstić information content (AvgIpc) is 2.77. The molecule has 0 aliphatic heterocycles. The zero-order valence-electron chi connectivity index (χ0n) is 11.5. The van der Waals surface area contributed by atoms with Gasteiger partial charge in [-0.15, -0.1) is 0 Å². The zero-order valence-corrected chi connectivity index (χ0v) is 13.0. The van der Waals surface area contributed by atoms with Crippen LogP contribution in [0.3, 0.4) is 0 Å². The normalized spacial score (nSPS) is 11.6. The molecule has 0 bridgehead atoms. The van der Waals surface area contributed by atoms with Crippen LogP contribution in [0, 0.1) is 0 Å². The maximum absolute atomic E-state index is 12.2. The minimum absolute atomic E-state index is 0.0546. The van der Waals surface area contributed by atoms with Gasteiger partial charge in [-0.3, -0.25) is 4.72 Å². The van der Waals surface area contributed by atoms with Crippen LogP contribution in [-0.2, 0) is 23.5 Å². The van der Waals surface area contributed by atoms with Gasteiger partial charge in [-0.25, -0.2) is 4.98 Å². The van der Waals surface area contributed by atoms with E-state index in [-0.39, 0.29) is 16.8 Å². The molecule has 21 heavy (non-hydrogen) atoms. The minimum Gasteiger partial charge on any atom is -0.396 e. The summed E-state index contributed by atoms with van der Waals surface area (Å²) in [4.78, 5) is 3.80. The Hall–Kier alpha value is -1.57. The lowest BCUT2D eigenvalue weighted by atomic mass is 10.1. The Kier molecular flexibility index (Phi) is 4.87. The maximum atomic E-state index is 12.2. The molecule has 1 aromatic heterocycles. The number of anilines is 1. The van der Waals surface area contributed by atoms with Gasteiger partial charge in [0.25, 0.3) is 10.0 Å². The van der Waals surface area contributed by atoms with Gasteiger partial charge in [-0.05, 0) is 30.5 Å². The summed E-state index contributed by atoms with van der Waals surface area (Å²) in [6.45, 7) is 0.0967. The van der Waals surface area contributed by atoms with Crippen molar-refractivity contribution >= 4 is 27.3 Å². The van der Waals surface area contributed by atoms with Crippen molar-refractivity contribution in [1.82, 2.24) is 9.55 Å². The first-order valence-electron chi connectivity index (χ1n) is 6.33. The predicted molar refractivity (Wildman–Crippen MR) is 80.9 cm³/mol. The van der Waals surface area contributed by atoms with Crippen LogP contribution in [0.15, 0.2) is 35.6 Å². The number of rotatable bonds is 6. The molecule has 0 aliphatic rings. The molecule has 0 radical (unpaired) electrons. The molecule has 2 aromatic rings. The second-order valence-corrected chi connectivity index (χ2v) is 6.54. The van der Waals surface area contributed by atoms with E-state index in [1.165, 1.54) is 10.9 Å². The van der Waals surface area contributed by atoms with Crippen molar-refractivity contribution < 1.29 is 13.5 Å². The van der Waals surface area contributed by atoms with Gasteiger partial charge < -0.3 is 9.67 Å². The lowest BCUT2D eigenvalue weighted by Crippen LogP contribution is -2.14. The molecule has 0 aliphatic carbocycles. The molecule has 2 N–H and O–H groups in total. The molecular weight excluding hydrogens is 314 g/mol. The predicted octanol–water partition coefficient (Wildman–Crippen LogP) is 1.80. The van der Waals surface area contributed by atoms with Crippen LogP contribution >= 0.6 is 11.6 Å². The van der Waals surface area contributed by atoms with E-state index in [4.69, 9.17) is 16.7 Å². The van der Waals surface area contributed by atoms with E-state index < -0.39 is 10.0 Å². The Bertz CT molecular complexity index is 728. The van der Waals surface area contributed by atoms with Crippen LogP contribution in [-0.4, -0.2) is 29.7 Å². The summed E-state index contributed by atoms with van der Waals surface area (Å²) >= 11 is 5.91. The molecule has 0 saturated heterocycles. The molecular formula is C13H16ClN3O3S. The topological polar surface area (TPSA) is 84.2 Å². The van der Waals surface area contributed by atoms with Gasteiger partial charge in [0.05, 0.1) is 6.33 Å². The fourth-order valence-corrected chi connectivity index (χ4v) is 3.33. The molecule has 2 rings (SSSR count). The summed E-state index contributed by atoms with van der Waals surface area (Å²) in [6.07, 6.45) is 2.65. The lowest BCUT2D eigenvalue weighted by molar-refractivity contribution is 0.288. The number of aryl methyl sites for hydroxylation is 2. The Morgan fingerprint density at radius 3 is 2.81 bits per heavy atom. The van der Waals surface area contributed by atoms with Crippen molar-refractivity contribution in [3.8, 4) is 0 Å². The Morgan fingerprint density at radius 1 is 1.43 bits per heavy atom. The van der Waals surface area contributed by atoms with Crippen molar-refractivity contribution in [2.75, 3.05) is 11.3 Å². The molecule has 6 nitrogen and oxygen atoms in total. The van der Waals surface area contributed by atoms with Crippen molar-refractivity contribution in [2.24, 2.45) is 7.05 Å². The second-order valence-electron chi connectivity index (χ2n) is 4.58. The van der Waals surface area contributed by atoms with Gasteiger partial charge in [-0.1, -0.05) is 23.7 Å². The van der Waals surface area contributed by atoms with E-state index in [0.29, 0.717) is 18.5 Å². The number of imidazole rings is 1. The van der Waals surface area contributed by atoms with Gasteiger partial charge in [-0.2, -0.15) is 8.42 Å². The molecule has 0 unspecified atom stereocenters. The zero-order chi connectivity index (χ0) is 15.5. The highest BCUT2D eigenvalue weighted by Gasteiger charge is 2.22. The number of aliphatic hydroxyl groups is 1. The number of hydrogen-bond acceptors (Lipinski definition) is 4. The third-order valence-electron chi connectivity index (χ3n) is 2.89. The van der Waals surface area contributed by atoms with Crippen LogP contribution in [0.25, 0.3) is 0 Å². The van der Waals surface area contributed by atoms with E-state index in [0.717, 1.165) is 5.56 Å². The summed E-state index contributed by atoms with van der Waals surface area (Å²) in [5.74, 6) is 0. The number of benzene rings is 1. The van der Waals surface area contributed by atoms with Gasteiger partial charge in [0, 0.05) is 19.3 Å². The van der Waals surface area contributed by atoms with Gasteiger partial charge in [0.2, 0.25) is 5.03 Å². The summed E-state index contributed by atoms with van der Waals surface area (Å²) < 4.78 is 28.4.